The number of hydrogen-bond acceptors (Lipinski definition) is 8. The number of benzene rings is 1. The first kappa shape index (κ1) is 18.8. The molecule has 0 spiro atoms. The summed E-state index contributed by atoms with van der Waals surface area (Å²) in [7, 11) is 0. The second-order valence-corrected chi connectivity index (χ2v) is 8.47. The number of thioether (sulfide) groups is 1. The molecule has 0 saturated carbocycles. The number of fused-ring (bicyclic) bond motifs is 1. The molecule has 0 saturated heterocycles. The summed E-state index contributed by atoms with van der Waals surface area (Å²) in [6, 6.07) is 5.75. The smallest absolute Gasteiger partial charge is 0.230 e. The van der Waals surface area contributed by atoms with Crippen LogP contribution in [-0.2, 0) is 4.79 Å². The lowest BCUT2D eigenvalue weighted by Crippen LogP contribution is -2.33. The third-order valence-electron chi connectivity index (χ3n) is 3.86. The summed E-state index contributed by atoms with van der Waals surface area (Å²) in [5, 5.41) is 11.2. The van der Waals surface area contributed by atoms with Gasteiger partial charge in [-0.1, -0.05) is 43.0 Å². The second-order valence-electron chi connectivity index (χ2n) is 6.24. The Balaban J connectivity index is 1.66. The van der Waals surface area contributed by atoms with E-state index in [0.29, 0.717) is 22.7 Å². The van der Waals surface area contributed by atoms with Gasteiger partial charge in [0.15, 0.2) is 15.8 Å². The van der Waals surface area contributed by atoms with Crippen molar-refractivity contribution in [3.63, 3.8) is 0 Å². The van der Waals surface area contributed by atoms with Gasteiger partial charge in [0, 0.05) is 6.42 Å². The SMILES string of the molecule is CC(C)[C@H](NC(=O)CSc1nnc(N)s1)c1ccc2c(c1)OCCCO2. The zero-order chi connectivity index (χ0) is 18.5. The van der Waals surface area contributed by atoms with Crippen LogP contribution in [0.3, 0.4) is 0 Å². The van der Waals surface area contributed by atoms with Crippen LogP contribution in [0, 0.1) is 5.92 Å². The third-order valence-corrected chi connectivity index (χ3v) is 5.75. The van der Waals surface area contributed by atoms with Crippen molar-refractivity contribution >= 4 is 34.1 Å². The molecule has 3 rings (SSSR count). The quantitative estimate of drug-likeness (QED) is 0.727. The number of carbonyl (C=O) groups excluding carboxylic acids is 1. The van der Waals surface area contributed by atoms with Crippen LogP contribution in [0.4, 0.5) is 5.13 Å². The fraction of sp³-hybridized carbons (Fsp3) is 0.471. The Labute approximate surface area is 160 Å². The van der Waals surface area contributed by atoms with E-state index < -0.39 is 0 Å². The number of hydrogen-bond donors (Lipinski definition) is 2. The number of ether oxygens (including phenoxy) is 2. The molecule has 0 radical (unpaired) electrons. The largest absolute Gasteiger partial charge is 0.490 e. The lowest BCUT2D eigenvalue weighted by atomic mass is 9.95. The van der Waals surface area contributed by atoms with Crippen molar-refractivity contribution in [3.8, 4) is 11.5 Å². The highest BCUT2D eigenvalue weighted by Crippen LogP contribution is 2.34. The van der Waals surface area contributed by atoms with Crippen molar-refractivity contribution < 1.29 is 14.3 Å². The monoisotopic (exact) mass is 394 g/mol. The molecular formula is C17H22N4O3S2. The first-order valence-corrected chi connectivity index (χ1v) is 10.2. The van der Waals surface area contributed by atoms with Gasteiger partial charge in [0.1, 0.15) is 0 Å². The number of carbonyl (C=O) groups is 1. The molecule has 1 aromatic carbocycles. The molecule has 1 aromatic heterocycles. The second kappa shape index (κ2) is 8.59. The number of rotatable bonds is 6. The van der Waals surface area contributed by atoms with E-state index in [1.165, 1.54) is 23.1 Å². The van der Waals surface area contributed by atoms with E-state index in [1.54, 1.807) is 0 Å². The van der Waals surface area contributed by atoms with E-state index in [1.807, 2.05) is 18.2 Å². The molecule has 26 heavy (non-hydrogen) atoms. The van der Waals surface area contributed by atoms with Gasteiger partial charge in [-0.25, -0.2) is 0 Å². The molecular weight excluding hydrogens is 372 g/mol. The van der Waals surface area contributed by atoms with Crippen molar-refractivity contribution in [2.75, 3.05) is 24.7 Å². The molecule has 0 fully saturated rings. The highest BCUT2D eigenvalue weighted by Gasteiger charge is 2.21. The summed E-state index contributed by atoms with van der Waals surface area (Å²) in [6.45, 7) is 5.44. The molecule has 1 aliphatic heterocycles. The van der Waals surface area contributed by atoms with E-state index in [2.05, 4.69) is 29.4 Å². The van der Waals surface area contributed by atoms with Crippen LogP contribution < -0.4 is 20.5 Å². The summed E-state index contributed by atoms with van der Waals surface area (Å²) in [6.07, 6.45) is 0.863. The zero-order valence-electron chi connectivity index (χ0n) is 14.7. The lowest BCUT2D eigenvalue weighted by molar-refractivity contribution is -0.119. The first-order valence-electron chi connectivity index (χ1n) is 8.43. The summed E-state index contributed by atoms with van der Waals surface area (Å²) < 4.78 is 12.1. The molecule has 1 amide bonds. The fourth-order valence-corrected chi connectivity index (χ4v) is 4.08. The predicted molar refractivity (Wildman–Crippen MR) is 103 cm³/mol. The molecule has 0 unspecified atom stereocenters. The maximum atomic E-state index is 12.4. The van der Waals surface area contributed by atoms with Gasteiger partial charge in [-0.2, -0.15) is 0 Å². The number of aromatic nitrogens is 2. The minimum atomic E-state index is -0.111. The zero-order valence-corrected chi connectivity index (χ0v) is 16.4. The number of nitrogen functional groups attached to an aromatic ring is 1. The highest BCUT2D eigenvalue weighted by atomic mass is 32.2. The van der Waals surface area contributed by atoms with Crippen LogP contribution in [0.15, 0.2) is 22.5 Å². The Morgan fingerprint density at radius 1 is 1.31 bits per heavy atom. The summed E-state index contributed by atoms with van der Waals surface area (Å²) >= 11 is 2.61. The van der Waals surface area contributed by atoms with Gasteiger partial charge in [-0.15, -0.1) is 10.2 Å². The molecule has 0 bridgehead atoms. The minimum Gasteiger partial charge on any atom is -0.490 e. The maximum absolute atomic E-state index is 12.4. The number of anilines is 1. The van der Waals surface area contributed by atoms with E-state index in [4.69, 9.17) is 15.2 Å². The van der Waals surface area contributed by atoms with Gasteiger partial charge >= 0.3 is 0 Å². The van der Waals surface area contributed by atoms with Crippen LogP contribution in [0.2, 0.25) is 0 Å². The lowest BCUT2D eigenvalue weighted by Gasteiger charge is -2.23. The van der Waals surface area contributed by atoms with Gasteiger partial charge in [-0.3, -0.25) is 4.79 Å². The van der Waals surface area contributed by atoms with E-state index >= 15 is 0 Å². The number of nitrogens with two attached hydrogens (primary N) is 1. The minimum absolute atomic E-state index is 0.0606. The van der Waals surface area contributed by atoms with E-state index in [0.717, 1.165) is 23.5 Å². The summed E-state index contributed by atoms with van der Waals surface area (Å²) in [4.78, 5) is 12.4. The Kier molecular flexibility index (Phi) is 6.20. The normalized spacial score (nSPS) is 14.7. The van der Waals surface area contributed by atoms with Crippen molar-refractivity contribution in [2.24, 2.45) is 5.92 Å². The molecule has 9 heteroatoms. The van der Waals surface area contributed by atoms with Crippen LogP contribution in [0.25, 0.3) is 0 Å². The standard InChI is InChI=1S/C17H22N4O3S2/c1-10(2)15(19-14(22)9-25-17-21-20-16(18)26-17)11-4-5-12-13(8-11)24-7-3-6-23-12/h4-5,8,10,15H,3,6-7,9H2,1-2H3,(H2,18,20)(H,19,22)/t15-/m0/s1. The molecule has 0 aliphatic carbocycles. The molecule has 2 heterocycles. The summed E-state index contributed by atoms with van der Waals surface area (Å²) in [5.41, 5.74) is 6.56. The molecule has 2 aromatic rings. The molecule has 7 nitrogen and oxygen atoms in total. The van der Waals surface area contributed by atoms with Crippen molar-refractivity contribution in [3.05, 3.63) is 23.8 Å². The Bertz CT molecular complexity index is 766. The number of nitrogens with one attached hydrogen (secondary N) is 1. The van der Waals surface area contributed by atoms with Crippen molar-refractivity contribution in [1.29, 1.82) is 0 Å². The van der Waals surface area contributed by atoms with E-state index in [-0.39, 0.29) is 23.6 Å². The molecule has 140 valence electrons. The molecule has 1 atom stereocenters. The van der Waals surface area contributed by atoms with Crippen LogP contribution >= 0.6 is 23.1 Å². The van der Waals surface area contributed by atoms with Gasteiger partial charge < -0.3 is 20.5 Å². The van der Waals surface area contributed by atoms with Crippen molar-refractivity contribution in [1.82, 2.24) is 15.5 Å². The van der Waals surface area contributed by atoms with Gasteiger partial charge in [0.25, 0.3) is 0 Å². The van der Waals surface area contributed by atoms with Crippen molar-refractivity contribution in [2.45, 2.75) is 30.6 Å². The topological polar surface area (TPSA) is 99.4 Å². The van der Waals surface area contributed by atoms with Crippen LogP contribution in [-0.4, -0.2) is 35.1 Å². The average molecular weight is 395 g/mol. The van der Waals surface area contributed by atoms with Crippen LogP contribution in [0.1, 0.15) is 31.9 Å². The van der Waals surface area contributed by atoms with Crippen LogP contribution in [0.5, 0.6) is 11.5 Å². The highest BCUT2D eigenvalue weighted by molar-refractivity contribution is 8.01. The van der Waals surface area contributed by atoms with Gasteiger partial charge in [0.05, 0.1) is 25.0 Å². The maximum Gasteiger partial charge on any atom is 0.230 e. The number of amides is 1. The predicted octanol–water partition coefficient (Wildman–Crippen LogP) is 2.89. The first-order chi connectivity index (χ1) is 12.5. The average Bonchev–Trinajstić information content (AvgIpc) is 2.89. The molecule has 3 N–H and O–H groups in total. The summed E-state index contributed by atoms with van der Waals surface area (Å²) in [5.74, 6) is 1.92. The Morgan fingerprint density at radius 3 is 2.77 bits per heavy atom. The van der Waals surface area contributed by atoms with Gasteiger partial charge in [0.2, 0.25) is 11.0 Å². The fourth-order valence-electron chi connectivity index (χ4n) is 2.63. The van der Waals surface area contributed by atoms with Gasteiger partial charge in [-0.05, 0) is 23.6 Å². The number of nitrogens with zero attached hydrogens (tertiary/aromatic N) is 2. The third kappa shape index (κ3) is 4.79. The molecule has 1 aliphatic rings. The van der Waals surface area contributed by atoms with E-state index in [9.17, 15) is 4.79 Å². The Morgan fingerprint density at radius 2 is 2.08 bits per heavy atom. The Hall–Kier alpha value is -2.00.